The molecule has 4 rings (SSSR count). The van der Waals surface area contributed by atoms with Crippen LogP contribution in [0.25, 0.3) is 10.2 Å². The SMILES string of the molecule is O=C(Nc1nc2ccc(S(=O)(=O)N3CCCCC3)cc2s1)c1c(F)cccc1Cl. The molecule has 10 heteroatoms. The van der Waals surface area contributed by atoms with Crippen molar-refractivity contribution in [2.75, 3.05) is 18.4 Å². The predicted molar refractivity (Wildman–Crippen MR) is 112 cm³/mol. The van der Waals surface area contributed by atoms with Gasteiger partial charge in [0, 0.05) is 13.1 Å². The minimum absolute atomic E-state index is 0.00137. The lowest BCUT2D eigenvalue weighted by atomic mass is 10.2. The monoisotopic (exact) mass is 453 g/mol. The number of anilines is 1. The first-order chi connectivity index (χ1) is 13.9. The average Bonchev–Trinajstić information content (AvgIpc) is 3.10. The minimum Gasteiger partial charge on any atom is -0.298 e. The molecule has 2 aromatic carbocycles. The fourth-order valence-electron chi connectivity index (χ4n) is 3.25. The number of hydrogen-bond acceptors (Lipinski definition) is 5. The maximum atomic E-state index is 13.9. The second kappa shape index (κ2) is 7.98. The number of benzene rings is 2. The van der Waals surface area contributed by atoms with E-state index in [-0.39, 0.29) is 20.6 Å². The van der Waals surface area contributed by atoms with E-state index in [1.807, 2.05) is 0 Å². The van der Waals surface area contributed by atoms with Crippen molar-refractivity contribution in [2.45, 2.75) is 24.2 Å². The molecule has 1 aliphatic rings. The number of nitrogens with one attached hydrogen (secondary N) is 1. The number of piperidine rings is 1. The molecule has 1 saturated heterocycles. The number of carbonyl (C=O) groups is 1. The summed E-state index contributed by atoms with van der Waals surface area (Å²) in [5, 5.41) is 2.77. The van der Waals surface area contributed by atoms with Crippen molar-refractivity contribution in [2.24, 2.45) is 0 Å². The molecule has 0 unspecified atom stereocenters. The Labute approximate surface area is 176 Å². The average molecular weight is 454 g/mol. The van der Waals surface area contributed by atoms with E-state index in [0.29, 0.717) is 23.3 Å². The first-order valence-corrected chi connectivity index (χ1v) is 11.7. The number of nitrogens with zero attached hydrogens (tertiary/aromatic N) is 2. The highest BCUT2D eigenvalue weighted by Gasteiger charge is 2.26. The third-order valence-corrected chi connectivity index (χ3v) is 7.87. The third-order valence-electron chi connectivity index (χ3n) is 4.72. The predicted octanol–water partition coefficient (Wildman–Crippen LogP) is 4.52. The van der Waals surface area contributed by atoms with E-state index in [2.05, 4.69) is 10.3 Å². The summed E-state index contributed by atoms with van der Waals surface area (Å²) in [6.45, 7) is 1.04. The molecular weight excluding hydrogens is 437 g/mol. The van der Waals surface area contributed by atoms with Crippen LogP contribution < -0.4 is 5.32 Å². The number of carbonyl (C=O) groups excluding carboxylic acids is 1. The Morgan fingerprint density at radius 3 is 2.66 bits per heavy atom. The van der Waals surface area contributed by atoms with Crippen molar-refractivity contribution in [1.82, 2.24) is 9.29 Å². The number of rotatable bonds is 4. The van der Waals surface area contributed by atoms with Crippen molar-refractivity contribution in [3.8, 4) is 0 Å². The molecule has 1 amide bonds. The third kappa shape index (κ3) is 4.00. The summed E-state index contributed by atoms with van der Waals surface area (Å²) >= 11 is 7.04. The van der Waals surface area contributed by atoms with Gasteiger partial charge in [-0.25, -0.2) is 17.8 Å². The van der Waals surface area contributed by atoms with Crippen molar-refractivity contribution in [3.63, 3.8) is 0 Å². The number of hydrogen-bond donors (Lipinski definition) is 1. The Kier molecular flexibility index (Phi) is 5.56. The second-order valence-corrected chi connectivity index (χ2v) is 10.0. The van der Waals surface area contributed by atoms with Crippen molar-refractivity contribution in [1.29, 1.82) is 0 Å². The van der Waals surface area contributed by atoms with Gasteiger partial charge in [0.15, 0.2) is 5.13 Å². The van der Waals surface area contributed by atoms with Crippen LogP contribution in [0.3, 0.4) is 0 Å². The Morgan fingerprint density at radius 1 is 1.17 bits per heavy atom. The molecule has 1 aromatic heterocycles. The van der Waals surface area contributed by atoms with Gasteiger partial charge in [-0.3, -0.25) is 10.1 Å². The highest BCUT2D eigenvalue weighted by molar-refractivity contribution is 7.89. The zero-order valence-electron chi connectivity index (χ0n) is 15.2. The molecule has 0 aliphatic carbocycles. The molecule has 0 bridgehead atoms. The number of halogens is 2. The molecule has 29 heavy (non-hydrogen) atoms. The van der Waals surface area contributed by atoms with Crippen LogP contribution in [-0.4, -0.2) is 36.7 Å². The number of amides is 1. The van der Waals surface area contributed by atoms with Crippen LogP contribution in [0.5, 0.6) is 0 Å². The van der Waals surface area contributed by atoms with E-state index in [9.17, 15) is 17.6 Å². The molecule has 1 fully saturated rings. The molecule has 1 N–H and O–H groups in total. The van der Waals surface area contributed by atoms with E-state index in [1.165, 1.54) is 22.5 Å². The molecule has 0 atom stereocenters. The lowest BCUT2D eigenvalue weighted by Gasteiger charge is -2.25. The van der Waals surface area contributed by atoms with Gasteiger partial charge in [-0.05, 0) is 43.2 Å². The molecule has 0 saturated carbocycles. The fraction of sp³-hybridized carbons (Fsp3) is 0.263. The van der Waals surface area contributed by atoms with Crippen LogP contribution in [0.1, 0.15) is 29.6 Å². The smallest absolute Gasteiger partial charge is 0.261 e. The van der Waals surface area contributed by atoms with Crippen molar-refractivity contribution in [3.05, 3.63) is 52.8 Å². The number of thiazole rings is 1. The summed E-state index contributed by atoms with van der Waals surface area (Å²) in [7, 11) is -3.56. The Hall–Kier alpha value is -2.07. The van der Waals surface area contributed by atoms with E-state index in [1.54, 1.807) is 12.1 Å². The lowest BCUT2D eigenvalue weighted by molar-refractivity contribution is 0.102. The highest BCUT2D eigenvalue weighted by Crippen LogP contribution is 2.31. The summed E-state index contributed by atoms with van der Waals surface area (Å²) in [5.41, 5.74) is 0.282. The maximum absolute atomic E-state index is 13.9. The molecule has 6 nitrogen and oxygen atoms in total. The first-order valence-electron chi connectivity index (χ1n) is 9.02. The topological polar surface area (TPSA) is 79.4 Å². The van der Waals surface area contributed by atoms with Gasteiger partial charge in [0.05, 0.1) is 25.7 Å². The number of sulfonamides is 1. The number of fused-ring (bicyclic) bond motifs is 1. The van der Waals surface area contributed by atoms with Gasteiger partial charge in [-0.15, -0.1) is 0 Å². The van der Waals surface area contributed by atoms with Gasteiger partial charge < -0.3 is 0 Å². The fourth-order valence-corrected chi connectivity index (χ4v) is 6.01. The first kappa shape index (κ1) is 20.2. The Morgan fingerprint density at radius 2 is 1.93 bits per heavy atom. The van der Waals surface area contributed by atoms with Gasteiger partial charge in [-0.1, -0.05) is 35.4 Å². The van der Waals surface area contributed by atoms with Crippen LogP contribution in [0.4, 0.5) is 9.52 Å². The molecule has 0 spiro atoms. The van der Waals surface area contributed by atoms with E-state index >= 15 is 0 Å². The minimum atomic E-state index is -3.56. The van der Waals surface area contributed by atoms with Crippen LogP contribution in [0.2, 0.25) is 5.02 Å². The summed E-state index contributed by atoms with van der Waals surface area (Å²) < 4.78 is 41.8. The molecule has 2 heterocycles. The van der Waals surface area contributed by atoms with Crippen molar-refractivity contribution < 1.29 is 17.6 Å². The Bertz CT molecular complexity index is 1170. The van der Waals surface area contributed by atoms with E-state index in [4.69, 9.17) is 11.6 Å². The van der Waals surface area contributed by atoms with Gasteiger partial charge in [0.2, 0.25) is 10.0 Å². The summed E-state index contributed by atoms with van der Waals surface area (Å²) in [5.74, 6) is -1.45. The van der Waals surface area contributed by atoms with Crippen LogP contribution in [0.15, 0.2) is 41.3 Å². The summed E-state index contributed by atoms with van der Waals surface area (Å²) in [6.07, 6.45) is 2.75. The van der Waals surface area contributed by atoms with Crippen LogP contribution in [-0.2, 0) is 10.0 Å². The van der Waals surface area contributed by atoms with Crippen molar-refractivity contribution >= 4 is 54.2 Å². The van der Waals surface area contributed by atoms with E-state index < -0.39 is 21.7 Å². The Balaban J connectivity index is 1.61. The quantitative estimate of drug-likeness (QED) is 0.630. The molecule has 0 radical (unpaired) electrons. The van der Waals surface area contributed by atoms with Gasteiger partial charge in [0.1, 0.15) is 5.82 Å². The number of aromatic nitrogens is 1. The summed E-state index contributed by atoms with van der Waals surface area (Å²) in [6, 6.07) is 8.67. The normalized spacial score (nSPS) is 15.5. The zero-order valence-corrected chi connectivity index (χ0v) is 17.6. The second-order valence-electron chi connectivity index (χ2n) is 6.66. The largest absolute Gasteiger partial charge is 0.298 e. The zero-order chi connectivity index (χ0) is 20.6. The van der Waals surface area contributed by atoms with Gasteiger partial charge in [0.25, 0.3) is 5.91 Å². The molecule has 3 aromatic rings. The molecule has 1 aliphatic heterocycles. The summed E-state index contributed by atoms with van der Waals surface area (Å²) in [4.78, 5) is 16.9. The van der Waals surface area contributed by atoms with Gasteiger partial charge >= 0.3 is 0 Å². The molecule has 152 valence electrons. The maximum Gasteiger partial charge on any atom is 0.261 e. The standard InChI is InChI=1S/C19H17ClFN3O3S2/c20-13-5-4-6-14(21)17(13)18(25)23-19-22-15-8-7-12(11-16(15)28-19)29(26,27)24-9-2-1-3-10-24/h4-8,11H,1-3,9-10H2,(H,22,23,25). The highest BCUT2D eigenvalue weighted by atomic mass is 35.5. The van der Waals surface area contributed by atoms with E-state index in [0.717, 1.165) is 36.7 Å². The lowest BCUT2D eigenvalue weighted by Crippen LogP contribution is -2.35. The van der Waals surface area contributed by atoms with Crippen LogP contribution in [0, 0.1) is 5.82 Å². The molecular formula is C19H17ClFN3O3S2. The van der Waals surface area contributed by atoms with Crippen LogP contribution >= 0.6 is 22.9 Å². The van der Waals surface area contributed by atoms with Gasteiger partial charge in [-0.2, -0.15) is 4.31 Å².